The molecule has 0 aliphatic heterocycles. The zero-order chi connectivity index (χ0) is 15.9. The fraction of sp³-hybridized carbons (Fsp3) is 0.474. The molecule has 0 radical (unpaired) electrons. The van der Waals surface area contributed by atoms with Crippen LogP contribution in [0.1, 0.15) is 57.4 Å². The lowest BCUT2D eigenvalue weighted by Crippen LogP contribution is -2.15. The summed E-state index contributed by atoms with van der Waals surface area (Å²) in [7, 11) is 0. The van der Waals surface area contributed by atoms with Gasteiger partial charge in [0.05, 0.1) is 11.2 Å². The number of pyridine rings is 1. The average molecular weight is 296 g/mol. The Labute approximate surface area is 132 Å². The molecule has 3 rings (SSSR count). The largest absolute Gasteiger partial charge is 0.325 e. The fourth-order valence-corrected chi connectivity index (χ4v) is 3.21. The molecule has 1 aliphatic carbocycles. The predicted molar refractivity (Wildman–Crippen MR) is 91.4 cm³/mol. The number of nitrogens with one attached hydrogen (secondary N) is 1. The Kier molecular flexibility index (Phi) is 3.67. The van der Waals surface area contributed by atoms with Gasteiger partial charge < -0.3 is 5.32 Å². The van der Waals surface area contributed by atoms with Gasteiger partial charge in [-0.05, 0) is 54.4 Å². The van der Waals surface area contributed by atoms with Crippen LogP contribution in [-0.4, -0.2) is 10.9 Å². The first kappa shape index (κ1) is 15.0. The number of aryl methyl sites for hydroxylation is 1. The number of carbonyl (C=O) groups is 1. The Hall–Kier alpha value is -1.90. The second-order valence-corrected chi connectivity index (χ2v) is 7.28. The van der Waals surface area contributed by atoms with Crippen molar-refractivity contribution in [1.82, 2.24) is 4.98 Å². The third-order valence-electron chi connectivity index (χ3n) is 4.43. The number of hydrogen-bond donors (Lipinski definition) is 1. The molecular weight excluding hydrogens is 272 g/mol. The van der Waals surface area contributed by atoms with Gasteiger partial charge in [0.25, 0.3) is 0 Å². The van der Waals surface area contributed by atoms with Gasteiger partial charge in [-0.25, -0.2) is 0 Å². The van der Waals surface area contributed by atoms with Crippen molar-refractivity contribution in [2.75, 3.05) is 5.32 Å². The van der Waals surface area contributed by atoms with Crippen molar-refractivity contribution in [3.05, 3.63) is 35.0 Å². The molecule has 1 aromatic carbocycles. The van der Waals surface area contributed by atoms with E-state index in [1.165, 1.54) is 24.0 Å². The molecule has 1 aromatic heterocycles. The van der Waals surface area contributed by atoms with E-state index < -0.39 is 0 Å². The highest BCUT2D eigenvalue weighted by Crippen LogP contribution is 2.35. The standard InChI is InChI=1S/C19H24N2O/c1-12(22)20-18-14-7-5-6-8-16(14)21-17-10-9-13(11-15(17)18)19(2,3)4/h9-11H,5-8H2,1-4H3,(H,20,21,22). The molecule has 0 saturated carbocycles. The highest BCUT2D eigenvalue weighted by Gasteiger charge is 2.21. The summed E-state index contributed by atoms with van der Waals surface area (Å²) in [5.74, 6) is -0.0126. The maximum absolute atomic E-state index is 11.7. The van der Waals surface area contributed by atoms with Crippen molar-refractivity contribution in [3.8, 4) is 0 Å². The molecule has 1 N–H and O–H groups in total. The van der Waals surface area contributed by atoms with Crippen molar-refractivity contribution >= 4 is 22.5 Å². The third-order valence-corrected chi connectivity index (χ3v) is 4.43. The summed E-state index contributed by atoms with van der Waals surface area (Å²) in [6.45, 7) is 8.20. The molecule has 2 aromatic rings. The molecule has 1 heterocycles. The number of anilines is 1. The highest BCUT2D eigenvalue weighted by molar-refractivity contribution is 6.02. The second kappa shape index (κ2) is 5.38. The molecule has 1 aliphatic rings. The summed E-state index contributed by atoms with van der Waals surface area (Å²) >= 11 is 0. The van der Waals surface area contributed by atoms with Crippen molar-refractivity contribution in [2.45, 2.75) is 58.8 Å². The van der Waals surface area contributed by atoms with Crippen molar-refractivity contribution < 1.29 is 4.79 Å². The highest BCUT2D eigenvalue weighted by atomic mass is 16.1. The summed E-state index contributed by atoms with van der Waals surface area (Å²) in [6, 6.07) is 6.45. The molecule has 116 valence electrons. The van der Waals surface area contributed by atoms with Crippen LogP contribution >= 0.6 is 0 Å². The molecule has 0 fully saturated rings. The number of benzene rings is 1. The van der Waals surface area contributed by atoms with Gasteiger partial charge in [-0.1, -0.05) is 26.8 Å². The van der Waals surface area contributed by atoms with Crippen LogP contribution in [0, 0.1) is 0 Å². The van der Waals surface area contributed by atoms with E-state index in [-0.39, 0.29) is 11.3 Å². The lowest BCUT2D eigenvalue weighted by molar-refractivity contribution is -0.114. The molecule has 0 unspecified atom stereocenters. The smallest absolute Gasteiger partial charge is 0.221 e. The lowest BCUT2D eigenvalue weighted by Gasteiger charge is -2.23. The van der Waals surface area contributed by atoms with Crippen molar-refractivity contribution in [1.29, 1.82) is 0 Å². The topological polar surface area (TPSA) is 42.0 Å². The number of fused-ring (bicyclic) bond motifs is 2. The molecule has 1 amide bonds. The van der Waals surface area contributed by atoms with E-state index in [2.05, 4.69) is 44.3 Å². The fourth-order valence-electron chi connectivity index (χ4n) is 3.21. The first-order valence-electron chi connectivity index (χ1n) is 8.10. The van der Waals surface area contributed by atoms with Gasteiger partial charge in [-0.3, -0.25) is 9.78 Å². The van der Waals surface area contributed by atoms with Crippen LogP contribution < -0.4 is 5.32 Å². The van der Waals surface area contributed by atoms with Crippen LogP contribution in [0.2, 0.25) is 0 Å². The molecule has 0 bridgehead atoms. The van der Waals surface area contributed by atoms with Crippen LogP contribution in [0.3, 0.4) is 0 Å². The number of aromatic nitrogens is 1. The van der Waals surface area contributed by atoms with Crippen LogP contribution in [0.25, 0.3) is 10.9 Å². The summed E-state index contributed by atoms with van der Waals surface area (Å²) in [6.07, 6.45) is 4.38. The monoisotopic (exact) mass is 296 g/mol. The minimum absolute atomic E-state index is 0.0126. The minimum atomic E-state index is -0.0126. The van der Waals surface area contributed by atoms with E-state index in [1.54, 1.807) is 6.92 Å². The zero-order valence-corrected chi connectivity index (χ0v) is 13.9. The quantitative estimate of drug-likeness (QED) is 0.849. The molecular formula is C19H24N2O. The predicted octanol–water partition coefficient (Wildman–Crippen LogP) is 4.37. The third kappa shape index (κ3) is 2.72. The van der Waals surface area contributed by atoms with E-state index in [1.807, 2.05) is 0 Å². The van der Waals surface area contributed by atoms with Gasteiger partial charge in [0.2, 0.25) is 5.91 Å². The van der Waals surface area contributed by atoms with Crippen LogP contribution in [0.5, 0.6) is 0 Å². The van der Waals surface area contributed by atoms with E-state index in [9.17, 15) is 4.79 Å². The summed E-state index contributed by atoms with van der Waals surface area (Å²) in [5, 5.41) is 4.15. The number of amides is 1. The van der Waals surface area contributed by atoms with Gasteiger partial charge >= 0.3 is 0 Å². The lowest BCUT2D eigenvalue weighted by atomic mass is 9.85. The van der Waals surface area contributed by atoms with Crippen LogP contribution in [-0.2, 0) is 23.1 Å². The second-order valence-electron chi connectivity index (χ2n) is 7.28. The van der Waals surface area contributed by atoms with Crippen molar-refractivity contribution in [2.24, 2.45) is 0 Å². The molecule has 3 nitrogen and oxygen atoms in total. The summed E-state index contributed by atoms with van der Waals surface area (Å²) in [4.78, 5) is 16.5. The Morgan fingerprint density at radius 1 is 1.18 bits per heavy atom. The number of rotatable bonds is 1. The van der Waals surface area contributed by atoms with Gasteiger partial charge in [0, 0.05) is 18.0 Å². The molecule has 0 atom stereocenters. The Morgan fingerprint density at radius 2 is 1.91 bits per heavy atom. The van der Waals surface area contributed by atoms with Crippen LogP contribution in [0.4, 0.5) is 5.69 Å². The first-order chi connectivity index (χ1) is 10.4. The van der Waals surface area contributed by atoms with E-state index in [4.69, 9.17) is 4.98 Å². The van der Waals surface area contributed by atoms with Gasteiger partial charge in [0.15, 0.2) is 0 Å². The summed E-state index contributed by atoms with van der Waals surface area (Å²) < 4.78 is 0. The molecule has 0 saturated heterocycles. The average Bonchev–Trinajstić information content (AvgIpc) is 2.45. The normalized spacial score (nSPS) is 14.7. The van der Waals surface area contributed by atoms with E-state index in [0.29, 0.717) is 0 Å². The van der Waals surface area contributed by atoms with Gasteiger partial charge in [0.1, 0.15) is 0 Å². The SMILES string of the molecule is CC(=O)Nc1c2c(nc3ccc(C(C)(C)C)cc13)CCCC2. The number of carbonyl (C=O) groups excluding carboxylic acids is 1. The van der Waals surface area contributed by atoms with Gasteiger partial charge in [-0.2, -0.15) is 0 Å². The molecule has 22 heavy (non-hydrogen) atoms. The minimum Gasteiger partial charge on any atom is -0.325 e. The first-order valence-corrected chi connectivity index (χ1v) is 8.10. The number of nitrogens with zero attached hydrogens (tertiary/aromatic N) is 1. The van der Waals surface area contributed by atoms with E-state index in [0.717, 1.165) is 35.1 Å². The van der Waals surface area contributed by atoms with Crippen LogP contribution in [0.15, 0.2) is 18.2 Å². The molecule has 0 spiro atoms. The summed E-state index contributed by atoms with van der Waals surface area (Å²) in [5.41, 5.74) is 5.71. The maximum Gasteiger partial charge on any atom is 0.221 e. The van der Waals surface area contributed by atoms with Gasteiger partial charge in [-0.15, -0.1) is 0 Å². The van der Waals surface area contributed by atoms with E-state index >= 15 is 0 Å². The Balaban J connectivity index is 2.28. The maximum atomic E-state index is 11.7. The Morgan fingerprint density at radius 3 is 2.59 bits per heavy atom. The number of hydrogen-bond acceptors (Lipinski definition) is 2. The zero-order valence-electron chi connectivity index (χ0n) is 13.9. The molecule has 3 heteroatoms. The Bertz CT molecular complexity index is 741. The van der Waals surface area contributed by atoms with Crippen molar-refractivity contribution in [3.63, 3.8) is 0 Å².